The number of aryl methyl sites for hydroxylation is 2. The van der Waals surface area contributed by atoms with Gasteiger partial charge in [-0.05, 0) is 48.5 Å². The number of hydrogen-bond acceptors (Lipinski definition) is 4. The first-order valence-electron chi connectivity index (χ1n) is 9.32. The van der Waals surface area contributed by atoms with Crippen LogP contribution in [0.1, 0.15) is 66.2 Å². The summed E-state index contributed by atoms with van der Waals surface area (Å²) in [5.74, 6) is 1.61. The van der Waals surface area contributed by atoms with Crippen LogP contribution < -0.4 is 4.72 Å². The average Bonchev–Trinajstić information content (AvgIpc) is 3.19. The van der Waals surface area contributed by atoms with Crippen LogP contribution in [0.3, 0.4) is 0 Å². The molecule has 0 saturated carbocycles. The van der Waals surface area contributed by atoms with Gasteiger partial charge in [-0.3, -0.25) is 0 Å². The Kier molecular flexibility index (Phi) is 9.10. The van der Waals surface area contributed by atoms with Gasteiger partial charge in [0.2, 0.25) is 0 Å². The predicted molar refractivity (Wildman–Crippen MR) is 121 cm³/mol. The van der Waals surface area contributed by atoms with Crippen LogP contribution in [-0.4, -0.2) is 43.2 Å². The molecular formula is C19H34N6O2S2. The van der Waals surface area contributed by atoms with E-state index >= 15 is 0 Å². The molecule has 1 N–H and O–H groups in total. The van der Waals surface area contributed by atoms with Gasteiger partial charge in [0, 0.05) is 38.9 Å². The molecule has 0 amide bonds. The van der Waals surface area contributed by atoms with Crippen LogP contribution in [0, 0.1) is 0 Å². The zero-order chi connectivity index (χ0) is 22.4. The summed E-state index contributed by atoms with van der Waals surface area (Å²) >= 11 is 0. The summed E-state index contributed by atoms with van der Waals surface area (Å²) in [4.78, 5) is 8.27. The summed E-state index contributed by atoms with van der Waals surface area (Å²) in [6.07, 6.45) is 8.67. The molecule has 0 aliphatic rings. The number of hydrogen-bond donors (Lipinski definition) is 1. The Balaban J connectivity index is 0.000000291. The van der Waals surface area contributed by atoms with Gasteiger partial charge in [-0.2, -0.15) is 4.40 Å². The third-order valence-electron chi connectivity index (χ3n) is 3.73. The third-order valence-corrected chi connectivity index (χ3v) is 6.76. The van der Waals surface area contributed by atoms with Crippen LogP contribution in [0.2, 0.25) is 0 Å². The third kappa shape index (κ3) is 8.31. The van der Waals surface area contributed by atoms with Crippen LogP contribution in [0.5, 0.6) is 0 Å². The molecular weight excluding hydrogens is 408 g/mol. The number of imidazole rings is 2. The smallest absolute Gasteiger partial charge is 0.151 e. The van der Waals surface area contributed by atoms with Crippen LogP contribution in [0.15, 0.2) is 29.2 Å². The van der Waals surface area contributed by atoms with E-state index in [0.717, 1.165) is 5.82 Å². The second kappa shape index (κ2) is 10.4. The van der Waals surface area contributed by atoms with Gasteiger partial charge in [0.1, 0.15) is 16.8 Å². The minimum atomic E-state index is -1.21. The van der Waals surface area contributed by atoms with Gasteiger partial charge in [-0.25, -0.2) is 23.1 Å². The Hall–Kier alpha value is -1.65. The van der Waals surface area contributed by atoms with E-state index in [9.17, 15) is 8.42 Å². The molecule has 0 aliphatic heterocycles. The van der Waals surface area contributed by atoms with E-state index in [2.05, 4.69) is 19.1 Å². The highest BCUT2D eigenvalue weighted by molar-refractivity contribution is 7.85. The molecule has 2 aromatic heterocycles. The van der Waals surface area contributed by atoms with Crippen molar-refractivity contribution in [1.29, 1.82) is 0 Å². The molecule has 3 atom stereocenters. The first-order chi connectivity index (χ1) is 13.2. The summed E-state index contributed by atoms with van der Waals surface area (Å²) in [6.45, 7) is 13.5. The maximum Gasteiger partial charge on any atom is 0.151 e. The van der Waals surface area contributed by atoms with Crippen molar-refractivity contribution in [2.45, 2.75) is 64.0 Å². The molecule has 0 aromatic carbocycles. The van der Waals surface area contributed by atoms with Crippen molar-refractivity contribution >= 4 is 28.2 Å². The molecule has 2 heterocycles. The van der Waals surface area contributed by atoms with Gasteiger partial charge in [0.05, 0.1) is 32.7 Å². The molecule has 0 aliphatic carbocycles. The maximum absolute atomic E-state index is 11.8. The largest absolute Gasteiger partial charge is 0.337 e. The highest BCUT2D eigenvalue weighted by atomic mass is 32.2. The van der Waals surface area contributed by atoms with E-state index < -0.39 is 22.0 Å². The number of rotatable bonds is 5. The van der Waals surface area contributed by atoms with Crippen LogP contribution in [0.25, 0.3) is 0 Å². The molecule has 0 fully saturated rings. The molecule has 29 heavy (non-hydrogen) atoms. The maximum atomic E-state index is 11.8. The molecule has 164 valence electrons. The monoisotopic (exact) mass is 442 g/mol. The summed E-state index contributed by atoms with van der Waals surface area (Å²) in [7, 11) is 1.52. The quantitative estimate of drug-likeness (QED) is 0.721. The van der Waals surface area contributed by atoms with E-state index in [1.54, 1.807) is 18.6 Å². The van der Waals surface area contributed by atoms with E-state index in [4.69, 9.17) is 0 Å². The lowest BCUT2D eigenvalue weighted by atomic mass is 10.3. The minimum absolute atomic E-state index is 0.00921. The highest BCUT2D eigenvalue weighted by Gasteiger charge is 2.22. The standard InChI is InChI=1S/C10H19N3OS.C9H15N3OS/c1-8(9-11-6-7-13(9)5)12-15(14)10(2,3)4;1-9(2,3)14(13)11-7-8-10-5-6-12(8)4/h6-8,12H,1-5H3;5-7H,1-4H3. The molecule has 3 unspecified atom stereocenters. The van der Waals surface area contributed by atoms with Crippen molar-refractivity contribution in [2.24, 2.45) is 18.5 Å². The van der Waals surface area contributed by atoms with Crippen molar-refractivity contribution in [2.75, 3.05) is 0 Å². The molecule has 0 radical (unpaired) electrons. The van der Waals surface area contributed by atoms with Crippen molar-refractivity contribution < 1.29 is 8.42 Å². The lowest BCUT2D eigenvalue weighted by molar-refractivity contribution is 0.593. The van der Waals surface area contributed by atoms with Gasteiger partial charge in [0.15, 0.2) is 5.82 Å². The zero-order valence-corrected chi connectivity index (χ0v) is 20.5. The minimum Gasteiger partial charge on any atom is -0.337 e. The Labute approximate surface area is 179 Å². The van der Waals surface area contributed by atoms with E-state index in [1.165, 1.54) is 0 Å². The molecule has 0 bridgehead atoms. The summed E-state index contributed by atoms with van der Waals surface area (Å²) < 4.78 is 33.6. The van der Waals surface area contributed by atoms with Crippen LogP contribution in [-0.2, 0) is 36.1 Å². The Morgan fingerprint density at radius 2 is 1.55 bits per heavy atom. The van der Waals surface area contributed by atoms with Crippen molar-refractivity contribution in [3.63, 3.8) is 0 Å². The normalized spacial score (nSPS) is 15.6. The fourth-order valence-corrected chi connectivity index (χ4v) is 3.23. The van der Waals surface area contributed by atoms with Gasteiger partial charge in [0.25, 0.3) is 0 Å². The lowest BCUT2D eigenvalue weighted by Gasteiger charge is -2.21. The summed E-state index contributed by atoms with van der Waals surface area (Å²) in [5, 5.41) is 0. The van der Waals surface area contributed by atoms with E-state index in [1.807, 2.05) is 84.1 Å². The number of nitrogens with zero attached hydrogens (tertiary/aromatic N) is 5. The van der Waals surface area contributed by atoms with Crippen molar-refractivity contribution in [3.05, 3.63) is 36.4 Å². The molecule has 8 nitrogen and oxygen atoms in total. The molecule has 2 aromatic rings. The highest BCUT2D eigenvalue weighted by Crippen LogP contribution is 2.15. The summed E-state index contributed by atoms with van der Waals surface area (Å²) in [5.41, 5.74) is 0. The van der Waals surface area contributed by atoms with E-state index in [-0.39, 0.29) is 15.5 Å². The number of nitrogens with one attached hydrogen (secondary N) is 1. The second-order valence-corrected chi connectivity index (χ2v) is 12.5. The average molecular weight is 443 g/mol. The first-order valence-corrected chi connectivity index (χ1v) is 11.6. The first kappa shape index (κ1) is 25.4. The predicted octanol–water partition coefficient (Wildman–Crippen LogP) is 2.83. The van der Waals surface area contributed by atoms with E-state index in [0.29, 0.717) is 5.82 Å². The zero-order valence-electron chi connectivity index (χ0n) is 18.8. The SMILES string of the molecule is CC(NS(=O)C(C)(C)C)c1nccn1C.Cn1ccnc1C=NS(=O)C(C)(C)C. The van der Waals surface area contributed by atoms with Crippen molar-refractivity contribution in [3.8, 4) is 0 Å². The molecule has 2 rings (SSSR count). The Morgan fingerprint density at radius 3 is 1.97 bits per heavy atom. The fraction of sp³-hybridized carbons (Fsp3) is 0.632. The Morgan fingerprint density at radius 1 is 1.00 bits per heavy atom. The van der Waals surface area contributed by atoms with Crippen LogP contribution in [0.4, 0.5) is 0 Å². The lowest BCUT2D eigenvalue weighted by Crippen LogP contribution is -2.35. The second-order valence-electron chi connectivity index (χ2n) is 8.61. The Bertz CT molecular complexity index is 859. The topological polar surface area (TPSA) is 94.2 Å². The van der Waals surface area contributed by atoms with Gasteiger partial charge in [-0.1, -0.05) is 0 Å². The molecule has 10 heteroatoms. The molecule has 0 saturated heterocycles. The van der Waals surface area contributed by atoms with Crippen LogP contribution >= 0.6 is 0 Å². The van der Waals surface area contributed by atoms with Gasteiger partial charge >= 0.3 is 0 Å². The van der Waals surface area contributed by atoms with Gasteiger partial charge < -0.3 is 9.13 Å². The van der Waals surface area contributed by atoms with Gasteiger partial charge in [-0.15, -0.1) is 0 Å². The van der Waals surface area contributed by atoms with Crippen molar-refractivity contribution in [1.82, 2.24) is 23.8 Å². The number of aromatic nitrogens is 4. The fourth-order valence-electron chi connectivity index (χ4n) is 1.94. The molecule has 0 spiro atoms. The summed E-state index contributed by atoms with van der Waals surface area (Å²) in [6, 6.07) is -0.00921.